The number of nitrogens with zero attached hydrogens (tertiary/aromatic N) is 1. The molecule has 37 heavy (non-hydrogen) atoms. The highest BCUT2D eigenvalue weighted by molar-refractivity contribution is 6.74. The lowest BCUT2D eigenvalue weighted by Gasteiger charge is -2.40. The first-order chi connectivity index (χ1) is 17.4. The van der Waals surface area contributed by atoms with Crippen LogP contribution in [0.5, 0.6) is 0 Å². The van der Waals surface area contributed by atoms with Gasteiger partial charge in [-0.15, -0.1) is 0 Å². The molecule has 6 heteroatoms. The van der Waals surface area contributed by atoms with Crippen molar-refractivity contribution in [3.8, 4) is 0 Å². The van der Waals surface area contributed by atoms with Crippen molar-refractivity contribution in [2.75, 3.05) is 7.11 Å². The summed E-state index contributed by atoms with van der Waals surface area (Å²) in [6.07, 6.45) is 9.57. The van der Waals surface area contributed by atoms with Gasteiger partial charge in [-0.1, -0.05) is 77.8 Å². The molecular formula is C31H47NO4Si. The van der Waals surface area contributed by atoms with Crippen molar-refractivity contribution < 1.29 is 18.8 Å². The number of fused-ring (bicyclic) bond motifs is 1. The van der Waals surface area contributed by atoms with Gasteiger partial charge in [0.15, 0.2) is 14.1 Å². The summed E-state index contributed by atoms with van der Waals surface area (Å²) in [6.45, 7) is 15.5. The van der Waals surface area contributed by atoms with Gasteiger partial charge in [-0.25, -0.2) is 4.98 Å². The molecule has 0 fully saturated rings. The van der Waals surface area contributed by atoms with Crippen molar-refractivity contribution in [3.05, 3.63) is 47.8 Å². The zero-order valence-corrected chi connectivity index (χ0v) is 25.2. The van der Waals surface area contributed by atoms with Gasteiger partial charge >= 0.3 is 5.97 Å². The summed E-state index contributed by atoms with van der Waals surface area (Å²) in [5, 5.41) is 2.02. The Balaban J connectivity index is 2.31. The summed E-state index contributed by atoms with van der Waals surface area (Å²) in [4.78, 5) is 29.5. The quantitative estimate of drug-likeness (QED) is 0.107. The minimum absolute atomic E-state index is 0.0163. The van der Waals surface area contributed by atoms with Crippen LogP contribution in [0.1, 0.15) is 95.7 Å². The molecule has 0 aliphatic carbocycles. The van der Waals surface area contributed by atoms with Crippen LogP contribution < -0.4 is 0 Å². The number of aromatic nitrogens is 1. The predicted octanol–water partition coefficient (Wildman–Crippen LogP) is 8.38. The number of benzene rings is 1. The number of methoxy groups -OCH3 is 1. The van der Waals surface area contributed by atoms with Gasteiger partial charge in [0.25, 0.3) is 0 Å². The Labute approximate surface area is 225 Å². The highest BCUT2D eigenvalue weighted by Crippen LogP contribution is 2.39. The van der Waals surface area contributed by atoms with E-state index in [1.54, 1.807) is 0 Å². The molecular weight excluding hydrogens is 478 g/mol. The monoisotopic (exact) mass is 525 g/mol. The molecule has 0 aliphatic rings. The van der Waals surface area contributed by atoms with Crippen molar-refractivity contribution in [3.63, 3.8) is 0 Å². The van der Waals surface area contributed by atoms with Gasteiger partial charge < -0.3 is 9.16 Å². The van der Waals surface area contributed by atoms with Crippen LogP contribution in [0.4, 0.5) is 0 Å². The van der Waals surface area contributed by atoms with E-state index in [9.17, 15) is 9.59 Å². The number of esters is 1. The van der Waals surface area contributed by atoms with E-state index in [4.69, 9.17) is 14.1 Å². The second-order valence-corrected chi connectivity index (χ2v) is 16.4. The molecule has 2 atom stereocenters. The highest BCUT2D eigenvalue weighted by atomic mass is 28.4. The summed E-state index contributed by atoms with van der Waals surface area (Å²) >= 11 is 0. The van der Waals surface area contributed by atoms with E-state index in [-0.39, 0.29) is 28.8 Å². The van der Waals surface area contributed by atoms with Crippen molar-refractivity contribution in [1.29, 1.82) is 0 Å². The lowest BCUT2D eigenvalue weighted by Crippen LogP contribution is -2.45. The Morgan fingerprint density at radius 1 is 1.08 bits per heavy atom. The molecule has 5 nitrogen and oxygen atoms in total. The maximum absolute atomic E-state index is 13.0. The Morgan fingerprint density at radius 3 is 2.43 bits per heavy atom. The average molecular weight is 526 g/mol. The Hall–Kier alpha value is -2.31. The first-order valence-electron chi connectivity index (χ1n) is 13.8. The van der Waals surface area contributed by atoms with E-state index in [0.717, 1.165) is 48.6 Å². The standard InChI is InChI=1S/C31H47NO4Si/c1-9-10-11-17-27(33)30-26-16-13-12-15-24(26)22-25(32-30)21-20-23(2)28(18-14-19-29(34)35-6)36-37(7,8)31(3,4)5/h12-13,15-16,20-23,28H,9-11,14,17-19H2,1-8H3/b21-20+/t23-,28+/m1/s1. The van der Waals surface area contributed by atoms with Crippen LogP contribution in [0.15, 0.2) is 36.4 Å². The molecule has 0 spiro atoms. The summed E-state index contributed by atoms with van der Waals surface area (Å²) in [6, 6.07) is 10.0. The van der Waals surface area contributed by atoms with Crippen LogP contribution in [-0.4, -0.2) is 38.3 Å². The minimum atomic E-state index is -2.01. The van der Waals surface area contributed by atoms with Crippen LogP contribution in [0.3, 0.4) is 0 Å². The lowest BCUT2D eigenvalue weighted by molar-refractivity contribution is -0.140. The fourth-order valence-electron chi connectivity index (χ4n) is 4.08. The largest absolute Gasteiger partial charge is 0.469 e. The predicted molar refractivity (Wildman–Crippen MR) is 156 cm³/mol. The Morgan fingerprint density at radius 2 is 1.78 bits per heavy atom. The molecule has 0 saturated carbocycles. The second kappa shape index (κ2) is 14.0. The summed E-state index contributed by atoms with van der Waals surface area (Å²) in [5.74, 6) is 0.0319. The second-order valence-electron chi connectivity index (χ2n) is 11.6. The number of pyridine rings is 1. The number of hydrogen-bond donors (Lipinski definition) is 0. The number of carbonyl (C=O) groups is 2. The van der Waals surface area contributed by atoms with E-state index in [2.05, 4.69) is 53.8 Å². The van der Waals surface area contributed by atoms with Gasteiger partial charge in [-0.3, -0.25) is 9.59 Å². The molecule has 1 aromatic carbocycles. The van der Waals surface area contributed by atoms with Crippen LogP contribution in [0, 0.1) is 5.92 Å². The van der Waals surface area contributed by atoms with Crippen molar-refractivity contribution >= 4 is 36.9 Å². The normalized spacial score (nSPS) is 14.2. The fraction of sp³-hybridized carbons (Fsp3) is 0.581. The molecule has 2 aromatic rings. The smallest absolute Gasteiger partial charge is 0.305 e. The van der Waals surface area contributed by atoms with E-state index in [1.807, 2.05) is 36.4 Å². The molecule has 0 N–H and O–H groups in total. The zero-order chi connectivity index (χ0) is 27.6. The topological polar surface area (TPSA) is 65.5 Å². The van der Waals surface area contributed by atoms with Crippen molar-refractivity contribution in [2.45, 2.75) is 104 Å². The third kappa shape index (κ3) is 9.18. The molecule has 1 heterocycles. The SMILES string of the molecule is CCCCCC(=O)c1nc(/C=C/[C@@H](C)[C@H](CCCC(=O)OC)O[Si](C)(C)C(C)(C)C)cc2ccccc12. The van der Waals surface area contributed by atoms with Crippen molar-refractivity contribution in [1.82, 2.24) is 4.98 Å². The number of carbonyl (C=O) groups excluding carboxylic acids is 2. The summed E-state index contributed by atoms with van der Waals surface area (Å²) in [7, 11) is -0.584. The van der Waals surface area contributed by atoms with E-state index in [0.29, 0.717) is 18.5 Å². The first-order valence-corrected chi connectivity index (χ1v) is 16.7. The Bertz CT molecular complexity index is 1070. The lowest BCUT2D eigenvalue weighted by atomic mass is 9.98. The van der Waals surface area contributed by atoms with Gasteiger partial charge in [-0.05, 0) is 60.8 Å². The first kappa shape index (κ1) is 30.9. The Kier molecular flexibility index (Phi) is 11.7. The number of rotatable bonds is 14. The van der Waals surface area contributed by atoms with E-state index >= 15 is 0 Å². The third-order valence-corrected chi connectivity index (χ3v) is 12.0. The third-order valence-electron chi connectivity index (χ3n) is 7.54. The maximum Gasteiger partial charge on any atom is 0.305 e. The molecule has 0 bridgehead atoms. The molecule has 0 saturated heterocycles. The van der Waals surface area contributed by atoms with E-state index in [1.165, 1.54) is 7.11 Å². The molecule has 204 valence electrons. The molecule has 0 radical (unpaired) electrons. The van der Waals surface area contributed by atoms with Crippen molar-refractivity contribution in [2.24, 2.45) is 5.92 Å². The number of unbranched alkanes of at least 4 members (excludes halogenated alkanes) is 2. The number of ketones is 1. The van der Waals surface area contributed by atoms with Gasteiger partial charge in [-0.2, -0.15) is 0 Å². The average Bonchev–Trinajstić information content (AvgIpc) is 2.85. The number of hydrogen-bond acceptors (Lipinski definition) is 5. The van der Waals surface area contributed by atoms with E-state index < -0.39 is 8.32 Å². The van der Waals surface area contributed by atoms with Gasteiger partial charge in [0.2, 0.25) is 0 Å². The summed E-state index contributed by atoms with van der Waals surface area (Å²) < 4.78 is 11.6. The molecule has 0 aliphatic heterocycles. The van der Waals surface area contributed by atoms with Crippen LogP contribution in [0.2, 0.25) is 18.1 Å². The van der Waals surface area contributed by atoms with Gasteiger partial charge in [0.1, 0.15) is 5.69 Å². The fourth-order valence-corrected chi connectivity index (χ4v) is 5.52. The maximum atomic E-state index is 13.0. The number of ether oxygens (including phenoxy) is 1. The highest BCUT2D eigenvalue weighted by Gasteiger charge is 2.39. The van der Waals surface area contributed by atoms with Crippen LogP contribution in [0.25, 0.3) is 16.8 Å². The molecule has 1 aromatic heterocycles. The van der Waals surface area contributed by atoms with Gasteiger partial charge in [0, 0.05) is 18.2 Å². The van der Waals surface area contributed by atoms with Crippen LogP contribution >= 0.6 is 0 Å². The zero-order valence-electron chi connectivity index (χ0n) is 24.2. The molecule has 2 rings (SSSR count). The van der Waals surface area contributed by atoms with Crippen LogP contribution in [-0.2, 0) is 14.0 Å². The number of Topliss-reactive ketones (excluding diaryl/α,β-unsaturated/α-hetero) is 1. The molecule has 0 amide bonds. The minimum Gasteiger partial charge on any atom is -0.469 e. The van der Waals surface area contributed by atoms with Gasteiger partial charge in [0.05, 0.1) is 18.9 Å². The summed E-state index contributed by atoms with van der Waals surface area (Å²) in [5.41, 5.74) is 1.35. The molecule has 0 unspecified atom stereocenters.